The Kier molecular flexibility index (Phi) is 16.5. The Morgan fingerprint density at radius 2 is 0.542 bits per heavy atom. The molecule has 0 radical (unpaired) electrons. The average Bonchev–Trinajstić information content (AvgIpc) is 1.55. The summed E-state index contributed by atoms with van der Waals surface area (Å²) >= 11 is 3.79. The summed E-state index contributed by atoms with van der Waals surface area (Å²) in [5.74, 6) is 0. The van der Waals surface area contributed by atoms with Gasteiger partial charge in [-0.3, -0.25) is 0 Å². The Hall–Kier alpha value is -15.1. The third kappa shape index (κ3) is 11.4. The van der Waals surface area contributed by atoms with Gasteiger partial charge in [0, 0.05) is 98.0 Å². The van der Waals surface area contributed by atoms with Crippen molar-refractivity contribution >= 4 is 174 Å². The summed E-state index contributed by atoms with van der Waals surface area (Å²) in [7, 11) is 0. The van der Waals surface area contributed by atoms with Gasteiger partial charge in [-0.2, -0.15) is 0 Å². The quantitative estimate of drug-likeness (QED) is 0.115. The van der Waals surface area contributed by atoms with Crippen LogP contribution in [0, 0.1) is 0 Å². The predicted octanol–water partition coefficient (Wildman–Crippen LogP) is 31.8. The van der Waals surface area contributed by atoms with E-state index in [0.717, 1.165) is 61.8 Å². The van der Waals surface area contributed by atoms with Crippen LogP contribution in [0.1, 0.15) is 0 Å². The molecule has 0 aliphatic heterocycles. The van der Waals surface area contributed by atoms with E-state index in [1.165, 1.54) is 151 Å². The lowest BCUT2D eigenvalue weighted by molar-refractivity contribution is 0.669. The molecule has 0 saturated heterocycles. The van der Waals surface area contributed by atoms with Gasteiger partial charge in [0.15, 0.2) is 5.58 Å². The normalized spacial score (nSPS) is 11.7. The first-order valence-electron chi connectivity index (χ1n) is 40.1. The second-order valence-electron chi connectivity index (χ2n) is 30.2. The molecule has 0 fully saturated rings. The van der Waals surface area contributed by atoms with Gasteiger partial charge < -0.3 is 27.9 Å². The van der Waals surface area contributed by atoms with Crippen molar-refractivity contribution in [2.24, 2.45) is 0 Å². The maximum Gasteiger partial charge on any atom is 0.159 e. The maximum atomic E-state index is 6.59. The van der Waals surface area contributed by atoms with Gasteiger partial charge in [-0.1, -0.05) is 297 Å². The molecule has 0 aliphatic carbocycles. The maximum absolute atomic E-state index is 6.59. The first-order chi connectivity index (χ1) is 58.6. The first-order valence-corrected chi connectivity index (χ1v) is 41.7. The van der Waals surface area contributed by atoms with E-state index >= 15 is 0 Å². The number of nitrogens with zero attached hydrogens (tertiary/aromatic N) is 5. The van der Waals surface area contributed by atoms with Crippen LogP contribution in [-0.4, -0.2) is 13.7 Å². The average molecular weight is 1540 g/mol. The fourth-order valence-electron chi connectivity index (χ4n) is 18.1. The molecule has 8 heteroatoms. The number of benzene rings is 18. The van der Waals surface area contributed by atoms with Crippen molar-refractivity contribution < 1.29 is 4.42 Å². The van der Waals surface area contributed by atoms with Gasteiger partial charge in [0.05, 0.1) is 48.2 Å². The van der Waals surface area contributed by atoms with E-state index in [9.17, 15) is 0 Å². The number of anilines is 6. The van der Waals surface area contributed by atoms with Crippen molar-refractivity contribution in [2.45, 2.75) is 0 Å². The summed E-state index contributed by atoms with van der Waals surface area (Å²) in [6, 6.07) is 155. The van der Waals surface area contributed by atoms with E-state index in [1.807, 2.05) is 34.8 Å². The number of hydrogen-bond acceptors (Lipinski definition) is 5. The predicted molar refractivity (Wildman–Crippen MR) is 503 cm³/mol. The Morgan fingerprint density at radius 1 is 0.203 bits per heavy atom. The lowest BCUT2D eigenvalue weighted by Gasteiger charge is -2.26. The standard InChI is InChI=1S/C60H39N3S.C50H32N2OS/c1-2-16-43(17-3-1)63-57-27-11-8-21-53(57)60-58(63)54-24-13-23-50(59(54)64-60)42-30-34-45(35-31-42)61(44-32-28-41(29-33-44)49-22-12-15-40-14-4-5-18-48(40)49)46-36-38-47(39-37-46)62-55-25-9-6-19-51(55)52-20-7-10-26-56(52)62;1-3-13-33(14-4-1)34-25-29-37(30-26-34)51(45-23-12-20-41-40-17-8-10-24-46(40)53-48(41)45)38-31-27-35(28-32-38)39-19-11-21-43-47-50(54-49(39)43)42-18-7-9-22-44(42)52(47)36-15-5-2-6-16-36/h1-39H;1-32H. The van der Waals surface area contributed by atoms with Crippen LogP contribution in [0.25, 0.3) is 178 Å². The Bertz CT molecular complexity index is 7890. The van der Waals surface area contributed by atoms with Gasteiger partial charge in [-0.05, 0) is 189 Å². The van der Waals surface area contributed by atoms with Crippen molar-refractivity contribution in [2.75, 3.05) is 9.80 Å². The van der Waals surface area contributed by atoms with Gasteiger partial charge in [-0.25, -0.2) is 0 Å². The fraction of sp³-hybridized carbons (Fsp3) is 0. The first kappa shape index (κ1) is 68.5. The van der Waals surface area contributed by atoms with Gasteiger partial charge in [0.2, 0.25) is 0 Å². The molecule has 554 valence electrons. The summed E-state index contributed by atoms with van der Waals surface area (Å²) in [6.45, 7) is 0. The summed E-state index contributed by atoms with van der Waals surface area (Å²) in [5.41, 5.74) is 28.7. The SMILES string of the molecule is c1ccc(-c2ccc(N(c3ccc(-c4cccc5c4sc4c6ccccc6n(-c6ccccc6)c54)cc3)c3cccc4c3oc3ccccc34)cc2)cc1.c1ccc(-n2c3ccccc3c3sc4c(-c5ccc(N(c6ccc(-c7cccc8ccccc78)cc6)c6ccc(-n7c8ccccc8c8ccccc87)cc6)cc5)cccc4c32)cc1. The van der Waals surface area contributed by atoms with Crippen LogP contribution < -0.4 is 9.80 Å². The topological polar surface area (TPSA) is 34.4 Å². The molecule has 118 heavy (non-hydrogen) atoms. The number of hydrogen-bond donors (Lipinski definition) is 0. The van der Waals surface area contributed by atoms with Crippen molar-refractivity contribution in [1.82, 2.24) is 13.7 Å². The third-order valence-electron chi connectivity index (χ3n) is 23.5. The van der Waals surface area contributed by atoms with Crippen LogP contribution >= 0.6 is 22.7 Å². The Morgan fingerprint density at radius 3 is 1.06 bits per heavy atom. The van der Waals surface area contributed by atoms with Gasteiger partial charge in [0.25, 0.3) is 0 Å². The summed E-state index contributed by atoms with van der Waals surface area (Å²) in [4.78, 5) is 4.69. The molecule has 18 aromatic carbocycles. The highest BCUT2D eigenvalue weighted by molar-refractivity contribution is 7.27. The molecule has 0 unspecified atom stereocenters. The van der Waals surface area contributed by atoms with E-state index in [1.54, 1.807) is 0 Å². The zero-order valence-electron chi connectivity index (χ0n) is 64.0. The minimum atomic E-state index is 0.871. The molecule has 0 N–H and O–H groups in total. The van der Waals surface area contributed by atoms with Gasteiger partial charge in [0.1, 0.15) is 5.58 Å². The van der Waals surface area contributed by atoms with Crippen molar-refractivity contribution in [1.29, 1.82) is 0 Å². The zero-order chi connectivity index (χ0) is 77.7. The number of rotatable bonds is 13. The molecular formula is C110H71N5OS2. The third-order valence-corrected chi connectivity index (χ3v) is 26.1. The Balaban J connectivity index is 0.000000140. The molecule has 6 aromatic heterocycles. The lowest BCUT2D eigenvalue weighted by Crippen LogP contribution is -2.10. The van der Waals surface area contributed by atoms with Crippen LogP contribution in [0.5, 0.6) is 0 Å². The number of thiophene rings is 2. The molecule has 6 heterocycles. The van der Waals surface area contributed by atoms with Crippen LogP contribution in [0.15, 0.2) is 435 Å². The molecule has 24 rings (SSSR count). The minimum Gasteiger partial charge on any atom is -0.454 e. The van der Waals surface area contributed by atoms with E-state index < -0.39 is 0 Å². The molecule has 0 saturated carbocycles. The lowest BCUT2D eigenvalue weighted by atomic mass is 9.98. The van der Waals surface area contributed by atoms with Crippen LogP contribution in [-0.2, 0) is 0 Å². The number of aromatic nitrogens is 3. The number of fused-ring (bicyclic) bond motifs is 17. The summed E-state index contributed by atoms with van der Waals surface area (Å²) in [6.07, 6.45) is 0. The largest absolute Gasteiger partial charge is 0.454 e. The zero-order valence-corrected chi connectivity index (χ0v) is 65.6. The monoisotopic (exact) mass is 1540 g/mol. The molecule has 0 aliphatic rings. The molecule has 0 spiro atoms. The molecule has 0 amide bonds. The van der Waals surface area contributed by atoms with E-state index in [4.69, 9.17) is 4.42 Å². The van der Waals surface area contributed by atoms with Crippen molar-refractivity contribution in [3.63, 3.8) is 0 Å². The Labute approximate surface area is 688 Å². The van der Waals surface area contributed by atoms with E-state index in [-0.39, 0.29) is 0 Å². The van der Waals surface area contributed by atoms with Crippen molar-refractivity contribution in [3.8, 4) is 61.6 Å². The molecule has 0 atom stereocenters. The van der Waals surface area contributed by atoms with Crippen LogP contribution in [0.4, 0.5) is 34.1 Å². The molecular weight excluding hydrogens is 1470 g/mol. The highest BCUT2D eigenvalue weighted by Crippen LogP contribution is 2.51. The summed E-state index contributed by atoms with van der Waals surface area (Å²) < 4.78 is 19.1. The smallest absolute Gasteiger partial charge is 0.159 e. The van der Waals surface area contributed by atoms with E-state index in [0.29, 0.717) is 0 Å². The van der Waals surface area contributed by atoms with Crippen LogP contribution in [0.3, 0.4) is 0 Å². The number of furan rings is 1. The minimum absolute atomic E-state index is 0.871. The van der Waals surface area contributed by atoms with Gasteiger partial charge in [-0.15, -0.1) is 22.7 Å². The number of para-hydroxylation sites is 8. The summed E-state index contributed by atoms with van der Waals surface area (Å²) in [5, 5.41) is 12.4. The second-order valence-corrected chi connectivity index (χ2v) is 32.2. The molecule has 0 bridgehead atoms. The van der Waals surface area contributed by atoms with E-state index in [2.05, 4.69) is 442 Å². The highest BCUT2D eigenvalue weighted by atomic mass is 32.1. The van der Waals surface area contributed by atoms with Crippen molar-refractivity contribution in [3.05, 3.63) is 431 Å². The van der Waals surface area contributed by atoms with Crippen LogP contribution in [0.2, 0.25) is 0 Å². The fourth-order valence-corrected chi connectivity index (χ4v) is 20.9. The van der Waals surface area contributed by atoms with Gasteiger partial charge >= 0.3 is 0 Å². The highest BCUT2D eigenvalue weighted by Gasteiger charge is 2.26. The second kappa shape index (κ2) is 28.5. The molecule has 24 aromatic rings. The molecule has 6 nitrogen and oxygen atoms in total.